The molecule has 0 spiro atoms. The van der Waals surface area contributed by atoms with Crippen LogP contribution in [0.4, 0.5) is 0 Å². The second-order valence-corrected chi connectivity index (χ2v) is 5.05. The van der Waals surface area contributed by atoms with Gasteiger partial charge in [0, 0.05) is 19.1 Å². The third-order valence-electron chi connectivity index (χ3n) is 3.67. The molecule has 0 aromatic rings. The maximum absolute atomic E-state index is 3.62. The zero-order valence-electron chi connectivity index (χ0n) is 10.8. The molecule has 1 N–H and O–H groups in total. The minimum absolute atomic E-state index is 0.748. The lowest BCUT2D eigenvalue weighted by Gasteiger charge is -2.30. The van der Waals surface area contributed by atoms with Crippen LogP contribution in [0.1, 0.15) is 46.0 Å². The van der Waals surface area contributed by atoms with Crippen molar-refractivity contribution < 1.29 is 0 Å². The van der Waals surface area contributed by atoms with E-state index in [0.717, 1.165) is 12.0 Å². The Labute approximate surface area is 95.4 Å². The molecule has 0 saturated carbocycles. The number of piperidine rings is 1. The van der Waals surface area contributed by atoms with E-state index < -0.39 is 0 Å². The first-order valence-electron chi connectivity index (χ1n) is 6.68. The zero-order valence-corrected chi connectivity index (χ0v) is 10.8. The van der Waals surface area contributed by atoms with Gasteiger partial charge in [0.2, 0.25) is 0 Å². The summed E-state index contributed by atoms with van der Waals surface area (Å²) < 4.78 is 0. The summed E-state index contributed by atoms with van der Waals surface area (Å²) in [6.07, 6.45) is 6.79. The Morgan fingerprint density at radius 3 is 2.53 bits per heavy atom. The molecule has 0 aromatic carbocycles. The Hall–Kier alpha value is -0.0800. The van der Waals surface area contributed by atoms with Gasteiger partial charge in [-0.2, -0.15) is 0 Å². The molecular formula is C13H28N2. The van der Waals surface area contributed by atoms with E-state index in [4.69, 9.17) is 0 Å². The van der Waals surface area contributed by atoms with Crippen molar-refractivity contribution in [2.45, 2.75) is 52.0 Å². The van der Waals surface area contributed by atoms with Crippen molar-refractivity contribution in [1.29, 1.82) is 0 Å². The van der Waals surface area contributed by atoms with Crippen LogP contribution in [0, 0.1) is 5.92 Å². The summed E-state index contributed by atoms with van der Waals surface area (Å²) in [5.74, 6) is 0.888. The van der Waals surface area contributed by atoms with Gasteiger partial charge in [-0.15, -0.1) is 0 Å². The predicted octanol–water partition coefficient (Wildman–Crippen LogP) is 2.50. The average molecular weight is 212 g/mol. The number of nitrogens with one attached hydrogen (secondary N) is 1. The minimum Gasteiger partial charge on any atom is -0.313 e. The van der Waals surface area contributed by atoms with Crippen LogP contribution in [0.5, 0.6) is 0 Å². The van der Waals surface area contributed by atoms with Gasteiger partial charge in [-0.05, 0) is 32.4 Å². The summed E-state index contributed by atoms with van der Waals surface area (Å²) in [7, 11) is 2.27. The summed E-state index contributed by atoms with van der Waals surface area (Å²) >= 11 is 0. The van der Waals surface area contributed by atoms with Crippen LogP contribution in [0.25, 0.3) is 0 Å². The molecule has 1 rings (SSSR count). The molecule has 1 heterocycles. The Morgan fingerprint density at radius 1 is 1.27 bits per heavy atom. The van der Waals surface area contributed by atoms with Crippen LogP contribution < -0.4 is 5.32 Å². The van der Waals surface area contributed by atoms with E-state index in [1.54, 1.807) is 0 Å². The highest BCUT2D eigenvalue weighted by atomic mass is 15.1. The third-order valence-corrected chi connectivity index (χ3v) is 3.67. The fourth-order valence-corrected chi connectivity index (χ4v) is 2.52. The van der Waals surface area contributed by atoms with Crippen LogP contribution in [0.15, 0.2) is 0 Å². The van der Waals surface area contributed by atoms with Gasteiger partial charge in [-0.1, -0.05) is 33.1 Å². The van der Waals surface area contributed by atoms with Crippen LogP contribution in [0.3, 0.4) is 0 Å². The second kappa shape index (κ2) is 7.24. The number of nitrogens with zero attached hydrogens (tertiary/aromatic N) is 1. The van der Waals surface area contributed by atoms with Gasteiger partial charge >= 0.3 is 0 Å². The maximum Gasteiger partial charge on any atom is 0.0194 e. The monoisotopic (exact) mass is 212 g/mol. The molecule has 2 nitrogen and oxygen atoms in total. The first-order valence-corrected chi connectivity index (χ1v) is 6.68. The zero-order chi connectivity index (χ0) is 11.1. The van der Waals surface area contributed by atoms with Crippen molar-refractivity contribution in [2.75, 3.05) is 26.7 Å². The first-order chi connectivity index (χ1) is 7.26. The predicted molar refractivity (Wildman–Crippen MR) is 67.2 cm³/mol. The van der Waals surface area contributed by atoms with E-state index in [1.165, 1.54) is 51.7 Å². The molecule has 90 valence electrons. The normalized spacial score (nSPS) is 22.6. The van der Waals surface area contributed by atoms with Gasteiger partial charge in [0.05, 0.1) is 0 Å². The smallest absolute Gasteiger partial charge is 0.0194 e. The van der Waals surface area contributed by atoms with Crippen LogP contribution >= 0.6 is 0 Å². The Balaban J connectivity index is 2.18. The van der Waals surface area contributed by atoms with E-state index in [-0.39, 0.29) is 0 Å². The summed E-state index contributed by atoms with van der Waals surface area (Å²) in [6.45, 7) is 8.34. The van der Waals surface area contributed by atoms with Gasteiger partial charge in [0.1, 0.15) is 0 Å². The molecule has 1 aliphatic rings. The lowest BCUT2D eigenvalue weighted by molar-refractivity contribution is 0.225. The second-order valence-electron chi connectivity index (χ2n) is 5.05. The van der Waals surface area contributed by atoms with Crippen molar-refractivity contribution >= 4 is 0 Å². The molecule has 15 heavy (non-hydrogen) atoms. The molecule has 1 saturated heterocycles. The molecule has 0 amide bonds. The minimum atomic E-state index is 0.748. The molecule has 0 bridgehead atoms. The summed E-state index contributed by atoms with van der Waals surface area (Å²) in [5, 5.41) is 3.62. The van der Waals surface area contributed by atoms with Gasteiger partial charge < -0.3 is 10.2 Å². The van der Waals surface area contributed by atoms with E-state index in [9.17, 15) is 0 Å². The van der Waals surface area contributed by atoms with E-state index in [1.807, 2.05) is 0 Å². The van der Waals surface area contributed by atoms with E-state index in [2.05, 4.69) is 31.1 Å². The number of hydrogen-bond donors (Lipinski definition) is 1. The fourth-order valence-electron chi connectivity index (χ4n) is 2.52. The summed E-state index contributed by atoms with van der Waals surface area (Å²) in [4.78, 5) is 2.51. The Kier molecular flexibility index (Phi) is 6.26. The summed E-state index contributed by atoms with van der Waals surface area (Å²) in [5.41, 5.74) is 0. The quantitative estimate of drug-likeness (QED) is 0.728. The molecule has 0 aliphatic carbocycles. The van der Waals surface area contributed by atoms with E-state index in [0.29, 0.717) is 0 Å². The highest BCUT2D eigenvalue weighted by Gasteiger charge is 2.15. The Bertz CT molecular complexity index is 149. The lowest BCUT2D eigenvalue weighted by atomic mass is 10.0. The molecule has 1 fully saturated rings. The molecule has 1 atom stereocenters. The molecule has 2 heteroatoms. The van der Waals surface area contributed by atoms with Crippen molar-refractivity contribution in [1.82, 2.24) is 10.2 Å². The first kappa shape index (κ1) is 13.0. The van der Waals surface area contributed by atoms with Crippen LogP contribution in [-0.2, 0) is 0 Å². The van der Waals surface area contributed by atoms with Crippen LogP contribution in [0.2, 0.25) is 0 Å². The fraction of sp³-hybridized carbons (Fsp3) is 1.00. The highest BCUT2D eigenvalue weighted by Crippen LogP contribution is 2.11. The van der Waals surface area contributed by atoms with E-state index >= 15 is 0 Å². The van der Waals surface area contributed by atoms with Crippen LogP contribution in [-0.4, -0.2) is 37.6 Å². The maximum atomic E-state index is 3.62. The topological polar surface area (TPSA) is 15.3 Å². The van der Waals surface area contributed by atoms with Gasteiger partial charge in [0.15, 0.2) is 0 Å². The molecule has 0 aromatic heterocycles. The van der Waals surface area contributed by atoms with Gasteiger partial charge in [-0.25, -0.2) is 0 Å². The van der Waals surface area contributed by atoms with Gasteiger partial charge in [-0.3, -0.25) is 0 Å². The third kappa shape index (κ3) is 4.98. The van der Waals surface area contributed by atoms with Crippen molar-refractivity contribution in [3.05, 3.63) is 0 Å². The number of likely N-dealkylation sites (N-methyl/N-ethyl adjacent to an activating group) is 1. The lowest BCUT2D eigenvalue weighted by Crippen LogP contribution is -2.43. The SMILES string of the molecule is CCC(CC)CN(C)CC1CCCCN1. The molecular weight excluding hydrogens is 184 g/mol. The number of rotatable bonds is 6. The number of hydrogen-bond acceptors (Lipinski definition) is 2. The van der Waals surface area contributed by atoms with Crippen molar-refractivity contribution in [3.8, 4) is 0 Å². The molecule has 1 unspecified atom stereocenters. The largest absolute Gasteiger partial charge is 0.313 e. The molecule has 0 radical (unpaired) electrons. The van der Waals surface area contributed by atoms with Crippen molar-refractivity contribution in [2.24, 2.45) is 5.92 Å². The average Bonchev–Trinajstić information content (AvgIpc) is 2.27. The Morgan fingerprint density at radius 2 is 2.00 bits per heavy atom. The standard InChI is InChI=1S/C13H28N2/c1-4-12(5-2)10-15(3)11-13-8-6-7-9-14-13/h12-14H,4-11H2,1-3H3. The highest BCUT2D eigenvalue weighted by molar-refractivity contribution is 4.75. The van der Waals surface area contributed by atoms with Gasteiger partial charge in [0.25, 0.3) is 0 Å². The summed E-state index contributed by atoms with van der Waals surface area (Å²) in [6, 6.07) is 0.748. The van der Waals surface area contributed by atoms with Crippen molar-refractivity contribution in [3.63, 3.8) is 0 Å². The molecule has 1 aliphatic heterocycles.